The van der Waals surface area contributed by atoms with Crippen LogP contribution in [-0.4, -0.2) is 39.5 Å². The summed E-state index contributed by atoms with van der Waals surface area (Å²) in [5.41, 5.74) is -0.863. The van der Waals surface area contributed by atoms with Crippen LogP contribution in [0.1, 0.15) is 25.8 Å². The summed E-state index contributed by atoms with van der Waals surface area (Å²) in [7, 11) is -3.79. The highest BCUT2D eigenvalue weighted by atomic mass is 32.2. The molecule has 2 atom stereocenters. The number of hydrogen-bond acceptors (Lipinski definition) is 3. The molecule has 0 unspecified atom stereocenters. The van der Waals surface area contributed by atoms with Crippen LogP contribution in [0.5, 0.6) is 0 Å². The number of nitrogens with one attached hydrogen (secondary N) is 1. The number of piperidine rings is 1. The minimum Gasteiger partial charge on any atom is -0.302 e. The Morgan fingerprint density at radius 1 is 1.12 bits per heavy atom. The number of halogens is 3. The molecule has 1 heterocycles. The van der Waals surface area contributed by atoms with Gasteiger partial charge in [0.05, 0.1) is 10.5 Å². The van der Waals surface area contributed by atoms with Crippen molar-refractivity contribution < 1.29 is 21.6 Å². The maximum absolute atomic E-state index is 12.5. The Morgan fingerprint density at radius 2 is 1.67 bits per heavy atom. The van der Waals surface area contributed by atoms with Crippen molar-refractivity contribution in [1.29, 1.82) is 0 Å². The molecule has 1 N–H and O–H groups in total. The number of benzene rings is 1. The summed E-state index contributed by atoms with van der Waals surface area (Å²) in [6, 6.07) is 3.53. The fraction of sp³-hybridized carbons (Fsp3) is 0.625. The zero-order valence-corrected chi connectivity index (χ0v) is 14.6. The van der Waals surface area contributed by atoms with E-state index in [1.165, 1.54) is 6.42 Å². The molecule has 2 rings (SSSR count). The predicted octanol–water partition coefficient (Wildman–Crippen LogP) is 2.96. The summed E-state index contributed by atoms with van der Waals surface area (Å²) in [6.45, 7) is 7.06. The Kier molecular flexibility index (Phi) is 5.93. The molecule has 1 aromatic rings. The van der Waals surface area contributed by atoms with Crippen molar-refractivity contribution in [2.24, 2.45) is 11.8 Å². The molecule has 0 aliphatic carbocycles. The molecule has 0 aromatic heterocycles. The lowest BCUT2D eigenvalue weighted by atomic mass is 9.92. The lowest BCUT2D eigenvalue weighted by Crippen LogP contribution is -2.42. The monoisotopic (exact) mass is 364 g/mol. The van der Waals surface area contributed by atoms with Gasteiger partial charge in [0.2, 0.25) is 10.0 Å². The van der Waals surface area contributed by atoms with Gasteiger partial charge in [0.25, 0.3) is 0 Å². The van der Waals surface area contributed by atoms with Gasteiger partial charge in [-0.3, -0.25) is 0 Å². The smallest absolute Gasteiger partial charge is 0.302 e. The quantitative estimate of drug-likeness (QED) is 0.874. The minimum atomic E-state index is -4.47. The molecule has 0 spiro atoms. The van der Waals surface area contributed by atoms with Crippen LogP contribution < -0.4 is 4.72 Å². The summed E-state index contributed by atoms with van der Waals surface area (Å²) in [4.78, 5) is 2.06. The molecule has 8 heteroatoms. The lowest BCUT2D eigenvalue weighted by Gasteiger charge is -2.34. The molecule has 0 radical (unpaired) electrons. The Morgan fingerprint density at radius 3 is 2.17 bits per heavy atom. The molecular weight excluding hydrogens is 341 g/mol. The fourth-order valence-electron chi connectivity index (χ4n) is 3.22. The van der Waals surface area contributed by atoms with E-state index in [1.807, 2.05) is 0 Å². The van der Waals surface area contributed by atoms with Gasteiger partial charge in [-0.05, 0) is 42.5 Å². The SMILES string of the molecule is C[C@H]1C[C@H](C)CN(CCNS(=O)(=O)c2ccc(C(F)(F)F)cc2)C1. The number of sulfonamides is 1. The third-order valence-corrected chi connectivity index (χ3v) is 5.63. The van der Waals surface area contributed by atoms with Crippen molar-refractivity contribution in [3.63, 3.8) is 0 Å². The van der Waals surface area contributed by atoms with E-state index in [-0.39, 0.29) is 11.4 Å². The van der Waals surface area contributed by atoms with Crippen LogP contribution in [0.2, 0.25) is 0 Å². The first-order valence-corrected chi connectivity index (χ1v) is 9.45. The van der Waals surface area contributed by atoms with Crippen LogP contribution in [0.3, 0.4) is 0 Å². The van der Waals surface area contributed by atoms with Gasteiger partial charge >= 0.3 is 6.18 Å². The number of nitrogens with zero attached hydrogens (tertiary/aromatic N) is 1. The Bertz CT molecular complexity index is 634. The average molecular weight is 364 g/mol. The van der Waals surface area contributed by atoms with Gasteiger partial charge in [-0.15, -0.1) is 0 Å². The van der Waals surface area contributed by atoms with Gasteiger partial charge in [0, 0.05) is 26.2 Å². The highest BCUT2D eigenvalue weighted by molar-refractivity contribution is 7.89. The first-order valence-electron chi connectivity index (χ1n) is 7.97. The third kappa shape index (κ3) is 5.19. The third-order valence-electron chi connectivity index (χ3n) is 4.16. The average Bonchev–Trinajstić information content (AvgIpc) is 2.45. The first kappa shape index (κ1) is 19.2. The molecule has 1 aromatic carbocycles. The standard InChI is InChI=1S/C16H23F3N2O2S/c1-12-9-13(2)11-21(10-12)8-7-20-24(22,23)15-5-3-14(4-6-15)16(17,18)19/h3-6,12-13,20H,7-11H2,1-2H3/t12-,13-/m0/s1. The maximum Gasteiger partial charge on any atom is 0.416 e. The topological polar surface area (TPSA) is 49.4 Å². The van der Waals surface area contributed by atoms with Crippen LogP contribution in [0.25, 0.3) is 0 Å². The first-order chi connectivity index (χ1) is 11.1. The van der Waals surface area contributed by atoms with Gasteiger partial charge in [-0.1, -0.05) is 13.8 Å². The van der Waals surface area contributed by atoms with E-state index in [4.69, 9.17) is 0 Å². The molecule has 4 nitrogen and oxygen atoms in total. The molecule has 1 saturated heterocycles. The minimum absolute atomic E-state index is 0.157. The molecule has 136 valence electrons. The zero-order valence-electron chi connectivity index (χ0n) is 13.8. The van der Waals surface area contributed by atoms with Crippen LogP contribution in [0.4, 0.5) is 13.2 Å². The van der Waals surface area contributed by atoms with E-state index in [1.54, 1.807) is 0 Å². The number of rotatable bonds is 5. The van der Waals surface area contributed by atoms with Gasteiger partial charge in [0.1, 0.15) is 0 Å². The largest absolute Gasteiger partial charge is 0.416 e. The Labute approximate surface area is 141 Å². The normalized spacial score (nSPS) is 23.4. The van der Waals surface area contributed by atoms with Crippen molar-refractivity contribution >= 4 is 10.0 Å². The van der Waals surface area contributed by atoms with Gasteiger partial charge in [-0.25, -0.2) is 13.1 Å². The van der Waals surface area contributed by atoms with Crippen LogP contribution >= 0.6 is 0 Å². The summed E-state index contributed by atoms with van der Waals surface area (Å²) in [5, 5.41) is 0. The Hall–Kier alpha value is -1.12. The van der Waals surface area contributed by atoms with E-state index in [2.05, 4.69) is 23.5 Å². The maximum atomic E-state index is 12.5. The lowest BCUT2D eigenvalue weighted by molar-refractivity contribution is -0.137. The Balaban J connectivity index is 1.91. The van der Waals surface area contributed by atoms with Crippen molar-refractivity contribution in [2.45, 2.75) is 31.3 Å². The zero-order chi connectivity index (χ0) is 18.0. The van der Waals surface area contributed by atoms with Crippen molar-refractivity contribution in [3.8, 4) is 0 Å². The molecule has 1 aliphatic rings. The molecular formula is C16H23F3N2O2S. The van der Waals surface area contributed by atoms with Crippen molar-refractivity contribution in [1.82, 2.24) is 9.62 Å². The van der Waals surface area contributed by atoms with Crippen molar-refractivity contribution in [3.05, 3.63) is 29.8 Å². The molecule has 0 saturated carbocycles. The second kappa shape index (κ2) is 7.41. The number of likely N-dealkylation sites (tertiary alicyclic amines) is 1. The summed E-state index contributed by atoms with van der Waals surface area (Å²) in [6.07, 6.45) is -3.30. The highest BCUT2D eigenvalue weighted by Crippen LogP contribution is 2.29. The number of hydrogen-bond donors (Lipinski definition) is 1. The van der Waals surface area contributed by atoms with E-state index in [0.717, 1.165) is 37.4 Å². The van der Waals surface area contributed by atoms with E-state index in [0.29, 0.717) is 18.4 Å². The number of alkyl halides is 3. The van der Waals surface area contributed by atoms with Crippen LogP contribution in [-0.2, 0) is 16.2 Å². The summed E-state index contributed by atoms with van der Waals surface area (Å²) in [5.74, 6) is 1.17. The molecule has 0 amide bonds. The van der Waals surface area contributed by atoms with Gasteiger partial charge < -0.3 is 4.90 Å². The molecule has 1 fully saturated rings. The van der Waals surface area contributed by atoms with E-state index < -0.39 is 21.8 Å². The van der Waals surface area contributed by atoms with Crippen LogP contribution in [0, 0.1) is 11.8 Å². The highest BCUT2D eigenvalue weighted by Gasteiger charge is 2.30. The van der Waals surface area contributed by atoms with Gasteiger partial charge in [0.15, 0.2) is 0 Å². The summed E-state index contributed by atoms with van der Waals surface area (Å²) < 4.78 is 64.3. The molecule has 1 aliphatic heterocycles. The fourth-order valence-corrected chi connectivity index (χ4v) is 4.24. The van der Waals surface area contributed by atoms with Crippen LogP contribution in [0.15, 0.2) is 29.2 Å². The summed E-state index contributed by atoms with van der Waals surface area (Å²) >= 11 is 0. The second-order valence-corrected chi connectivity index (χ2v) is 8.39. The molecule has 0 bridgehead atoms. The predicted molar refractivity (Wildman–Crippen MR) is 86.0 cm³/mol. The van der Waals surface area contributed by atoms with Gasteiger partial charge in [-0.2, -0.15) is 13.2 Å². The second-order valence-electron chi connectivity index (χ2n) is 6.63. The molecule has 24 heavy (non-hydrogen) atoms. The van der Waals surface area contributed by atoms with E-state index in [9.17, 15) is 21.6 Å². The van der Waals surface area contributed by atoms with E-state index >= 15 is 0 Å². The van der Waals surface area contributed by atoms with Crippen molar-refractivity contribution in [2.75, 3.05) is 26.2 Å².